The molecule has 21 rings (SSSR count). The van der Waals surface area contributed by atoms with Gasteiger partial charge in [-0.3, -0.25) is 28.5 Å². The minimum absolute atomic E-state index is 0.00946. The predicted molar refractivity (Wildman–Crippen MR) is 529 cm³/mol. The number of methoxy groups -OCH3 is 1. The van der Waals surface area contributed by atoms with Crippen LogP contribution in [0.3, 0.4) is 0 Å². The molecule has 8 fully saturated rings. The van der Waals surface area contributed by atoms with Gasteiger partial charge in [-0.2, -0.15) is 69.9 Å². The van der Waals surface area contributed by atoms with Crippen LogP contribution in [0, 0.1) is 109 Å². The minimum Gasteiger partial charge on any atom is -0.497 e. The lowest BCUT2D eigenvalue weighted by molar-refractivity contribution is -0.142. The highest BCUT2D eigenvalue weighted by Gasteiger charge is 2.43. The van der Waals surface area contributed by atoms with Gasteiger partial charge in [0.05, 0.1) is 148 Å². The number of benzene rings is 1. The number of rotatable bonds is 16. The highest BCUT2D eigenvalue weighted by molar-refractivity contribution is 6.34. The molecule has 0 aliphatic carbocycles. The summed E-state index contributed by atoms with van der Waals surface area (Å²) in [6.45, 7) is 25.6. The Hall–Kier alpha value is -14.1. The molecule has 0 bridgehead atoms. The molecule has 752 valence electrons. The van der Waals surface area contributed by atoms with E-state index in [9.17, 15) is 63.6 Å². The molecule has 0 radical (unpaired) electrons. The van der Waals surface area contributed by atoms with Crippen LogP contribution in [0.5, 0.6) is 5.75 Å². The predicted octanol–water partition coefficient (Wildman–Crippen LogP) is 14.6. The number of piperidine rings is 4. The third-order valence-corrected chi connectivity index (χ3v) is 29.5. The quantitative estimate of drug-likeness (QED) is 0.0907. The summed E-state index contributed by atoms with van der Waals surface area (Å²) in [5.41, 5.74) is 11.6. The van der Waals surface area contributed by atoms with Gasteiger partial charge in [-0.15, -0.1) is 0 Å². The van der Waals surface area contributed by atoms with Gasteiger partial charge in [0.1, 0.15) is 47.0 Å². The topological polar surface area (TPSA) is 426 Å². The number of nitrogens with zero attached hydrogens (tertiary/aromatic N) is 31. The smallest absolute Gasteiger partial charge is 0.408 e. The number of β-amino-alcohol motifs (C(OH)–C–C–N with tert-alkyl or cyclic N) is 2. The van der Waals surface area contributed by atoms with Crippen LogP contribution in [0.4, 0.5) is 36.4 Å². The molecule has 8 aliphatic heterocycles. The molecular weight excluding hydrogens is 1890 g/mol. The van der Waals surface area contributed by atoms with Crippen LogP contribution < -0.4 is 24.3 Å². The summed E-state index contributed by atoms with van der Waals surface area (Å²) in [6.07, 6.45) is 18.6. The molecule has 144 heavy (non-hydrogen) atoms. The lowest BCUT2D eigenvalue weighted by Gasteiger charge is -2.35. The van der Waals surface area contributed by atoms with E-state index in [0.29, 0.717) is 138 Å². The first kappa shape index (κ1) is 100.0. The van der Waals surface area contributed by atoms with Crippen molar-refractivity contribution < 1.29 is 47.3 Å². The third-order valence-electron chi connectivity index (χ3n) is 28.9. The van der Waals surface area contributed by atoms with Crippen molar-refractivity contribution in [3.8, 4) is 30.0 Å². The molecule has 1 aromatic carbocycles. The van der Waals surface area contributed by atoms with Crippen LogP contribution in [0.1, 0.15) is 242 Å². The summed E-state index contributed by atoms with van der Waals surface area (Å²) >= 11 is 12.8. The maximum atomic E-state index is 13.7. The van der Waals surface area contributed by atoms with E-state index in [0.717, 1.165) is 163 Å². The van der Waals surface area contributed by atoms with Crippen molar-refractivity contribution in [2.45, 2.75) is 207 Å². The van der Waals surface area contributed by atoms with E-state index < -0.39 is 42.7 Å². The van der Waals surface area contributed by atoms with E-state index in [1.807, 2.05) is 126 Å². The molecule has 12 aromatic heterocycles. The van der Waals surface area contributed by atoms with Crippen molar-refractivity contribution >= 4 is 104 Å². The second kappa shape index (κ2) is 41.7. The Kier molecular flexibility index (Phi) is 28.9. The second-order valence-electron chi connectivity index (χ2n) is 39.7. The number of alkyl halides is 3. The van der Waals surface area contributed by atoms with Crippen LogP contribution >= 0.6 is 23.2 Å². The first-order chi connectivity index (χ1) is 69.1. The zero-order valence-electron chi connectivity index (χ0n) is 82.3. The summed E-state index contributed by atoms with van der Waals surface area (Å²) < 4.78 is 55.5. The number of aliphatic hydroxyl groups excluding tert-OH is 2. The number of fused-ring (bicyclic) bond motifs is 5. The number of amides is 4. The van der Waals surface area contributed by atoms with Crippen molar-refractivity contribution in [2.75, 3.05) is 105 Å². The number of ether oxygens (including phenoxy) is 1. The Morgan fingerprint density at radius 3 is 1.24 bits per heavy atom. The molecule has 0 unspecified atom stereocenters. The number of halogens is 5. The van der Waals surface area contributed by atoms with Crippen molar-refractivity contribution in [3.05, 3.63) is 182 Å². The van der Waals surface area contributed by atoms with E-state index in [-0.39, 0.29) is 77.4 Å². The molecule has 43 heteroatoms. The van der Waals surface area contributed by atoms with Crippen LogP contribution in [-0.4, -0.2) is 250 Å². The van der Waals surface area contributed by atoms with E-state index >= 15 is 0 Å². The van der Waals surface area contributed by atoms with Gasteiger partial charge in [0.2, 0.25) is 0 Å². The molecule has 2 N–H and O–H groups in total. The average Bonchev–Trinajstić information content (AvgIpc) is 1.63. The number of pyridine rings is 1. The molecule has 4 amide bonds. The van der Waals surface area contributed by atoms with E-state index in [1.54, 1.807) is 65.3 Å². The summed E-state index contributed by atoms with van der Waals surface area (Å²) in [6, 6.07) is 24.5. The Morgan fingerprint density at radius 2 is 0.854 bits per heavy atom. The molecule has 38 nitrogen and oxygen atoms in total. The van der Waals surface area contributed by atoms with Crippen molar-refractivity contribution in [3.63, 3.8) is 0 Å². The normalized spacial score (nSPS) is 22.5. The highest BCUT2D eigenvalue weighted by Crippen LogP contribution is 2.42. The number of aryl methyl sites for hydroxylation is 4. The van der Waals surface area contributed by atoms with Crippen LogP contribution in [-0.2, 0) is 6.54 Å². The Bertz CT molecular complexity index is 7200. The zero-order chi connectivity index (χ0) is 102. The number of carbonyl (C=O) groups is 4. The number of likely N-dealkylation sites (tertiary alicyclic amines) is 4. The van der Waals surface area contributed by atoms with Gasteiger partial charge in [-0.05, 0) is 175 Å². The SMILES string of the molecule is COc1ccc(Cl)c(C(=O)N2CCCC[C@H]2c2cc3nc(N4C[C@@H](C#N)[C@@H](C)C4)c(C)cn3n2)c1.Cc1cn2nc([C@@H]3CCCCN3C(=O)c3c(Cl)cnn3C(C)C)cc2nc1N1C[C@@H](C#N)[C@@H](O)C1.Cc1cn2nc([C@@H]3CCCCN3C(=O)c3ccnn3CC(F)(F)F)cc2nc1N1C[C@@H](C#N)[C@@H](C)C1.Cc1cn2nc([C@@H]3CCCCN3C(=O)c3cnc4c(cnn4C(C)C)c3)cc2nc1N1C[C@@H](C#N)[C@@H](O)C1. The summed E-state index contributed by atoms with van der Waals surface area (Å²) in [4.78, 5) is 93.7. The molecule has 20 heterocycles. The van der Waals surface area contributed by atoms with E-state index in [1.165, 1.54) is 18.5 Å². The van der Waals surface area contributed by atoms with Gasteiger partial charge in [-0.1, -0.05) is 37.0 Å². The van der Waals surface area contributed by atoms with Gasteiger partial charge in [0.15, 0.2) is 28.2 Å². The maximum absolute atomic E-state index is 13.7. The van der Waals surface area contributed by atoms with E-state index in [4.69, 9.17) is 68.3 Å². The van der Waals surface area contributed by atoms with Gasteiger partial charge in [-0.25, -0.2) is 47.7 Å². The number of aromatic nitrogens is 19. The van der Waals surface area contributed by atoms with Crippen molar-refractivity contribution in [1.82, 2.24) is 112 Å². The molecule has 8 saturated heterocycles. The third kappa shape index (κ3) is 20.2. The fourth-order valence-electron chi connectivity index (χ4n) is 21.3. The van der Waals surface area contributed by atoms with Crippen LogP contribution in [0.25, 0.3) is 33.6 Å². The zero-order valence-corrected chi connectivity index (χ0v) is 83.8. The van der Waals surface area contributed by atoms with Gasteiger partial charge in [0.25, 0.3) is 23.6 Å². The number of hydrogen-bond acceptors (Lipinski definition) is 27. The highest BCUT2D eigenvalue weighted by atomic mass is 35.5. The number of hydrogen-bond donors (Lipinski definition) is 2. The van der Waals surface area contributed by atoms with Gasteiger partial charge < -0.3 is 54.1 Å². The molecule has 0 saturated carbocycles. The first-order valence-electron chi connectivity index (χ1n) is 49.3. The maximum Gasteiger partial charge on any atom is 0.408 e. The first-order valence-corrected chi connectivity index (χ1v) is 50.1. The second-order valence-corrected chi connectivity index (χ2v) is 40.5. The van der Waals surface area contributed by atoms with Gasteiger partial charge >= 0.3 is 6.18 Å². The molecule has 13 aromatic rings. The molecular formula is C101H116Cl2F3N31O7. The Morgan fingerprint density at radius 1 is 0.465 bits per heavy atom. The number of carbonyl (C=O) groups excluding carboxylic acids is 4. The van der Waals surface area contributed by atoms with Crippen LogP contribution in [0.15, 0.2) is 104 Å². The summed E-state index contributed by atoms with van der Waals surface area (Å²) in [7, 11) is 1.57. The molecule has 8 aliphatic rings. The van der Waals surface area contributed by atoms with Crippen LogP contribution in [0.2, 0.25) is 10.0 Å². The monoisotopic (exact) mass is 2000 g/mol. The number of nitriles is 4. The standard InChI is InChI=1S/C27H31N9O2.C26H29ClN6O2.C24H29ClN8O2.C24H27F3N8O/c1-16(2)36-26-18(12-30-36)8-19(11-29-26)27(38)34-7-5-4-6-22(34)21-9-24-31-25(17(3)13-35(24)32-21)33-14-20(10-28)23(37)15-33;1-16-13-31(15-18(16)12-28)25-17(2)14-33-24(29-25)11-22(30-33)23-6-4-5-9-32(23)26(34)20-10-19(35-3)7-8-21(20)27;1-14(2)33-22(17(25)10-27-33)24(35)31-7-5-4-6-19(31)18-8-21-28-23(15(3)11-32(21)29-18)30-12-16(9-26)20(34)13-30;1-15-11-32(13-17(15)10-28)22-16(2)12-34-21(30-22)9-18(31-34)19-5-3-4-8-33(19)23(36)20-6-7-29-35(20)14-24(25,26)27/h8-9,11-13,16,20,22-23,37H,4-7,14-15H2,1-3H3;7-8,10-11,14,16,18,23H,4-6,9,13,15H2,1-3H3;8,10-11,14,16,19-20,34H,4-7,12-13H2,1-3H3;6-7,9,12,15,17,19H,3-5,8,11,13-14H2,1-2H3/t20-,22+,23+;16-,18+,23-;16-,19+,20+;15-,17+,19-/m1010/s1. The van der Waals surface area contributed by atoms with Crippen molar-refractivity contribution in [2.24, 2.45) is 35.5 Å². The summed E-state index contributed by atoms with van der Waals surface area (Å²) in [5.74, 6) is 2.66. The minimum atomic E-state index is -4.48. The fraction of sp³-hybridized carbons (Fsp3) is 0.505. The largest absolute Gasteiger partial charge is 0.497 e. The van der Waals surface area contributed by atoms with Crippen molar-refractivity contribution in [1.29, 1.82) is 21.0 Å². The average molecular weight is 2000 g/mol. The number of anilines is 4. The van der Waals surface area contributed by atoms with E-state index in [2.05, 4.69) is 82.1 Å². The lowest BCUT2D eigenvalue weighted by atomic mass is 9.98. The lowest BCUT2D eigenvalue weighted by Crippen LogP contribution is -2.40. The molecule has 0 spiro atoms. The Balaban J connectivity index is 0.000000126. The van der Waals surface area contributed by atoms with Gasteiger partial charge in [0, 0.05) is 180 Å². The molecule has 12 atom stereocenters. The number of aliphatic hydroxyl groups is 2. The Labute approximate surface area is 839 Å². The fourth-order valence-corrected chi connectivity index (χ4v) is 21.7. The summed E-state index contributed by atoms with van der Waals surface area (Å²) in [5, 5.41) is 91.0.